The highest BCUT2D eigenvalue weighted by Gasteiger charge is 2.54. The largest absolute Gasteiger partial charge is 0.482 e. The monoisotopic (exact) mass is 264 g/mol. The van der Waals surface area contributed by atoms with E-state index < -0.39 is 25.0 Å². The van der Waals surface area contributed by atoms with Crippen LogP contribution in [0.4, 0.5) is 13.2 Å². The normalized spacial score (nSPS) is 14.6. The van der Waals surface area contributed by atoms with Crippen molar-refractivity contribution >= 4 is 0 Å². The van der Waals surface area contributed by atoms with Crippen molar-refractivity contribution < 1.29 is 22.6 Å². The molecule has 0 saturated carbocycles. The molecule has 0 aliphatic rings. The van der Waals surface area contributed by atoms with E-state index in [9.17, 15) is 13.2 Å². The van der Waals surface area contributed by atoms with E-state index in [1.807, 2.05) is 0 Å². The predicted molar refractivity (Wildman–Crippen MR) is 65.1 cm³/mol. The number of hydrogen-bond acceptors (Lipinski definition) is 2. The molecule has 18 heavy (non-hydrogen) atoms. The Balaban J connectivity index is 4.92. The van der Waals surface area contributed by atoms with Crippen LogP contribution in [0.15, 0.2) is 38.2 Å². The number of halogens is 3. The highest BCUT2D eigenvalue weighted by molar-refractivity contribution is 5.05. The van der Waals surface area contributed by atoms with Gasteiger partial charge in [0.05, 0.1) is 19.5 Å². The van der Waals surface area contributed by atoms with Gasteiger partial charge in [-0.1, -0.05) is 19.2 Å². The van der Waals surface area contributed by atoms with Gasteiger partial charge in [-0.2, -0.15) is 8.78 Å². The molecule has 0 fully saturated rings. The summed E-state index contributed by atoms with van der Waals surface area (Å²) in [5, 5.41) is 0. The van der Waals surface area contributed by atoms with Gasteiger partial charge in [0.2, 0.25) is 5.60 Å². The predicted octanol–water partition coefficient (Wildman–Crippen LogP) is 4.01. The van der Waals surface area contributed by atoms with E-state index in [2.05, 4.69) is 24.5 Å². The lowest BCUT2D eigenvalue weighted by molar-refractivity contribution is -0.317. The standard InChI is InChI=1S/C13H19F3O2/c1-4-7-9-12(5-2,17-6-3)13(15,16)18-11-8-10-14/h4-6H,1-3,7-11H2. The van der Waals surface area contributed by atoms with Crippen LogP contribution in [0.2, 0.25) is 0 Å². The molecule has 0 spiro atoms. The second-order valence-corrected chi connectivity index (χ2v) is 3.61. The molecule has 0 aliphatic heterocycles. The number of rotatable bonds is 11. The molecule has 0 bridgehead atoms. The SMILES string of the molecule is C=CCCC(C=C)(OC=C)C(F)(F)OCCCF. The molecule has 0 rings (SSSR count). The third-order valence-corrected chi connectivity index (χ3v) is 2.40. The molecule has 1 unspecified atom stereocenters. The summed E-state index contributed by atoms with van der Waals surface area (Å²) in [4.78, 5) is 0. The van der Waals surface area contributed by atoms with Gasteiger partial charge in [-0.15, -0.1) is 6.58 Å². The van der Waals surface area contributed by atoms with Gasteiger partial charge in [-0.3, -0.25) is 4.39 Å². The van der Waals surface area contributed by atoms with Crippen molar-refractivity contribution in [2.45, 2.75) is 31.0 Å². The molecule has 0 radical (unpaired) electrons. The molecule has 0 amide bonds. The molecule has 104 valence electrons. The molecule has 0 saturated heterocycles. The first kappa shape index (κ1) is 16.8. The Morgan fingerprint density at radius 2 is 1.83 bits per heavy atom. The summed E-state index contributed by atoms with van der Waals surface area (Å²) in [6.07, 6.45) is -0.0940. The van der Waals surface area contributed by atoms with Crippen molar-refractivity contribution in [3.8, 4) is 0 Å². The summed E-state index contributed by atoms with van der Waals surface area (Å²) >= 11 is 0. The Morgan fingerprint density at radius 3 is 2.28 bits per heavy atom. The molecule has 0 aromatic carbocycles. The molecular weight excluding hydrogens is 245 g/mol. The van der Waals surface area contributed by atoms with Crippen molar-refractivity contribution in [2.24, 2.45) is 0 Å². The lowest BCUT2D eigenvalue weighted by Gasteiger charge is -2.36. The summed E-state index contributed by atoms with van der Waals surface area (Å²) in [5.41, 5.74) is -2.01. The van der Waals surface area contributed by atoms with Crippen molar-refractivity contribution in [3.05, 3.63) is 38.2 Å². The van der Waals surface area contributed by atoms with E-state index in [-0.39, 0.29) is 12.8 Å². The van der Waals surface area contributed by atoms with Gasteiger partial charge in [0.1, 0.15) is 0 Å². The zero-order valence-electron chi connectivity index (χ0n) is 10.3. The maximum absolute atomic E-state index is 14.0. The Bertz CT molecular complexity index is 279. The lowest BCUT2D eigenvalue weighted by Crippen LogP contribution is -2.49. The Hall–Kier alpha value is -1.23. The first-order valence-electron chi connectivity index (χ1n) is 5.60. The van der Waals surface area contributed by atoms with Gasteiger partial charge in [0.25, 0.3) is 0 Å². The molecule has 0 aliphatic carbocycles. The molecule has 0 aromatic rings. The van der Waals surface area contributed by atoms with E-state index in [4.69, 9.17) is 4.74 Å². The first-order valence-corrected chi connectivity index (χ1v) is 5.60. The number of ether oxygens (including phenoxy) is 2. The number of alkyl halides is 3. The van der Waals surface area contributed by atoms with Crippen LogP contribution < -0.4 is 0 Å². The molecule has 0 aromatic heterocycles. The molecular formula is C13H19F3O2. The summed E-state index contributed by atoms with van der Waals surface area (Å²) in [7, 11) is 0. The van der Waals surface area contributed by atoms with E-state index in [1.165, 1.54) is 6.08 Å². The third kappa shape index (κ3) is 4.22. The summed E-state index contributed by atoms with van der Waals surface area (Å²) in [6.45, 7) is 8.98. The zero-order chi connectivity index (χ0) is 14.1. The fraction of sp³-hybridized carbons (Fsp3) is 0.538. The fourth-order valence-electron chi connectivity index (χ4n) is 1.38. The van der Waals surface area contributed by atoms with Gasteiger partial charge in [-0.05, 0) is 18.9 Å². The van der Waals surface area contributed by atoms with Crippen LogP contribution in [0, 0.1) is 0 Å². The van der Waals surface area contributed by atoms with Crippen LogP contribution >= 0.6 is 0 Å². The van der Waals surface area contributed by atoms with E-state index >= 15 is 0 Å². The van der Waals surface area contributed by atoms with Crippen LogP contribution in [-0.2, 0) is 9.47 Å². The smallest absolute Gasteiger partial charge is 0.398 e. The molecule has 0 heterocycles. The van der Waals surface area contributed by atoms with Crippen LogP contribution in [0.3, 0.4) is 0 Å². The lowest BCUT2D eigenvalue weighted by atomic mass is 9.95. The molecule has 1 atom stereocenters. The minimum atomic E-state index is -3.61. The maximum Gasteiger partial charge on any atom is 0.398 e. The van der Waals surface area contributed by atoms with Crippen LogP contribution in [0.5, 0.6) is 0 Å². The minimum absolute atomic E-state index is 0.0609. The second kappa shape index (κ2) is 7.97. The summed E-state index contributed by atoms with van der Waals surface area (Å²) in [6, 6.07) is 0. The average molecular weight is 264 g/mol. The van der Waals surface area contributed by atoms with E-state index in [0.717, 1.165) is 12.3 Å². The third-order valence-electron chi connectivity index (χ3n) is 2.40. The van der Waals surface area contributed by atoms with Gasteiger partial charge < -0.3 is 9.47 Å². The van der Waals surface area contributed by atoms with Crippen LogP contribution in [0.25, 0.3) is 0 Å². The van der Waals surface area contributed by atoms with Gasteiger partial charge in [-0.25, -0.2) is 0 Å². The Labute approximate surface area is 106 Å². The average Bonchev–Trinajstić information content (AvgIpc) is 2.34. The first-order chi connectivity index (χ1) is 8.49. The number of hydrogen-bond donors (Lipinski definition) is 0. The van der Waals surface area contributed by atoms with Gasteiger partial charge in [0, 0.05) is 6.42 Å². The van der Waals surface area contributed by atoms with Crippen LogP contribution in [-0.4, -0.2) is 25.0 Å². The maximum atomic E-state index is 14.0. The number of allylic oxidation sites excluding steroid dienone is 1. The van der Waals surface area contributed by atoms with Crippen molar-refractivity contribution in [1.29, 1.82) is 0 Å². The molecule has 5 heteroatoms. The molecule has 0 N–H and O–H groups in total. The van der Waals surface area contributed by atoms with Crippen LogP contribution in [0.1, 0.15) is 19.3 Å². The highest BCUT2D eigenvalue weighted by atomic mass is 19.3. The van der Waals surface area contributed by atoms with Gasteiger partial charge >= 0.3 is 6.11 Å². The van der Waals surface area contributed by atoms with Gasteiger partial charge in [0.15, 0.2) is 0 Å². The summed E-state index contributed by atoms with van der Waals surface area (Å²) < 4.78 is 49.1. The van der Waals surface area contributed by atoms with E-state index in [1.54, 1.807) is 0 Å². The topological polar surface area (TPSA) is 18.5 Å². The fourth-order valence-corrected chi connectivity index (χ4v) is 1.38. The minimum Gasteiger partial charge on any atom is -0.482 e. The zero-order valence-corrected chi connectivity index (χ0v) is 10.3. The van der Waals surface area contributed by atoms with Crippen molar-refractivity contribution in [1.82, 2.24) is 0 Å². The van der Waals surface area contributed by atoms with E-state index in [0.29, 0.717) is 6.42 Å². The Morgan fingerprint density at radius 1 is 1.17 bits per heavy atom. The molecule has 2 nitrogen and oxygen atoms in total. The van der Waals surface area contributed by atoms with Crippen molar-refractivity contribution in [2.75, 3.05) is 13.3 Å². The summed E-state index contributed by atoms with van der Waals surface area (Å²) in [5.74, 6) is 0. The highest BCUT2D eigenvalue weighted by Crippen LogP contribution is 2.38. The second-order valence-electron chi connectivity index (χ2n) is 3.61. The quantitative estimate of drug-likeness (QED) is 0.319. The Kier molecular flexibility index (Phi) is 7.43. The van der Waals surface area contributed by atoms with Crippen molar-refractivity contribution in [3.63, 3.8) is 0 Å².